The second kappa shape index (κ2) is 8.38. The largest absolute Gasteiger partial charge is 0.493 e. The number of aromatic nitrogens is 2. The lowest BCUT2D eigenvalue weighted by Crippen LogP contribution is -2.37. The molecule has 1 aliphatic heterocycles. The highest BCUT2D eigenvalue weighted by molar-refractivity contribution is 6.22. The number of amides is 3. The van der Waals surface area contributed by atoms with Crippen LogP contribution in [0.3, 0.4) is 0 Å². The fourth-order valence-corrected chi connectivity index (χ4v) is 3.28. The van der Waals surface area contributed by atoms with Gasteiger partial charge in [-0.05, 0) is 24.3 Å². The molecule has 2 heterocycles. The van der Waals surface area contributed by atoms with E-state index in [-0.39, 0.29) is 23.0 Å². The molecule has 32 heavy (non-hydrogen) atoms. The number of fused-ring (bicyclic) bond motifs is 1. The van der Waals surface area contributed by atoms with Gasteiger partial charge >= 0.3 is 6.01 Å². The van der Waals surface area contributed by atoms with Gasteiger partial charge in [-0.1, -0.05) is 17.2 Å². The number of carbonyl (C=O) groups is 3. The number of rotatable bonds is 7. The van der Waals surface area contributed by atoms with Gasteiger partial charge in [-0.3, -0.25) is 24.6 Å². The summed E-state index contributed by atoms with van der Waals surface area (Å²) in [7, 11) is 4.42. The molecule has 0 fully saturated rings. The molecule has 0 spiro atoms. The summed E-state index contributed by atoms with van der Waals surface area (Å²) in [6.07, 6.45) is 0. The lowest BCUT2D eigenvalue weighted by atomic mass is 10.1. The highest BCUT2D eigenvalue weighted by Crippen LogP contribution is 2.41. The van der Waals surface area contributed by atoms with Crippen molar-refractivity contribution in [1.82, 2.24) is 15.1 Å². The minimum absolute atomic E-state index is 0.0836. The van der Waals surface area contributed by atoms with Gasteiger partial charge in [0.2, 0.25) is 17.5 Å². The lowest BCUT2D eigenvalue weighted by molar-refractivity contribution is -0.116. The molecule has 11 heteroatoms. The first-order chi connectivity index (χ1) is 15.5. The van der Waals surface area contributed by atoms with Crippen LogP contribution >= 0.6 is 0 Å². The van der Waals surface area contributed by atoms with Crippen LogP contribution in [-0.4, -0.2) is 60.7 Å². The Balaban J connectivity index is 1.49. The molecule has 0 radical (unpaired) electrons. The summed E-state index contributed by atoms with van der Waals surface area (Å²) in [5.74, 6) is -0.492. The third kappa shape index (κ3) is 3.60. The predicted octanol–water partition coefficient (Wildman–Crippen LogP) is 2.00. The Hall–Kier alpha value is -4.41. The highest BCUT2D eigenvalue weighted by atomic mass is 16.5. The van der Waals surface area contributed by atoms with Gasteiger partial charge in [-0.2, -0.15) is 0 Å². The van der Waals surface area contributed by atoms with Gasteiger partial charge < -0.3 is 18.6 Å². The molecule has 3 amide bonds. The van der Waals surface area contributed by atoms with E-state index in [1.54, 1.807) is 24.3 Å². The summed E-state index contributed by atoms with van der Waals surface area (Å²) in [4.78, 5) is 38.1. The molecule has 4 rings (SSSR count). The monoisotopic (exact) mass is 438 g/mol. The predicted molar refractivity (Wildman–Crippen MR) is 110 cm³/mol. The maximum absolute atomic E-state index is 12.4. The Labute approximate surface area is 181 Å². The van der Waals surface area contributed by atoms with E-state index in [9.17, 15) is 14.4 Å². The van der Waals surface area contributed by atoms with Crippen molar-refractivity contribution in [2.45, 2.75) is 0 Å². The number of nitrogens with one attached hydrogen (secondary N) is 1. The summed E-state index contributed by atoms with van der Waals surface area (Å²) in [5, 5.41) is 10.1. The van der Waals surface area contributed by atoms with Crippen molar-refractivity contribution in [3.05, 3.63) is 47.5 Å². The van der Waals surface area contributed by atoms with Crippen LogP contribution in [0.25, 0.3) is 11.5 Å². The molecular weight excluding hydrogens is 420 g/mol. The van der Waals surface area contributed by atoms with E-state index in [4.69, 9.17) is 18.6 Å². The van der Waals surface area contributed by atoms with Crippen molar-refractivity contribution in [3.8, 4) is 28.7 Å². The summed E-state index contributed by atoms with van der Waals surface area (Å²) in [6.45, 7) is -0.492. The topological polar surface area (TPSA) is 133 Å². The van der Waals surface area contributed by atoms with E-state index in [1.165, 1.54) is 33.5 Å². The van der Waals surface area contributed by atoms with Gasteiger partial charge in [0, 0.05) is 5.56 Å². The number of benzene rings is 2. The van der Waals surface area contributed by atoms with E-state index in [2.05, 4.69) is 15.5 Å². The average Bonchev–Trinajstić information content (AvgIpc) is 3.37. The maximum Gasteiger partial charge on any atom is 0.322 e. The normalized spacial score (nSPS) is 12.5. The SMILES string of the molecule is COc1cc(-c2nnc(NC(=O)CN3C(=O)c4ccccc4C3=O)o2)cc(OC)c1OC. The Kier molecular flexibility index (Phi) is 5.46. The third-order valence-electron chi connectivity index (χ3n) is 4.76. The molecule has 2 aromatic carbocycles. The zero-order valence-corrected chi connectivity index (χ0v) is 17.4. The van der Waals surface area contributed by atoms with Crippen LogP contribution in [0.2, 0.25) is 0 Å². The van der Waals surface area contributed by atoms with E-state index in [0.717, 1.165) is 4.90 Å². The molecule has 164 valence electrons. The molecule has 0 bridgehead atoms. The van der Waals surface area contributed by atoms with Crippen LogP contribution < -0.4 is 19.5 Å². The quantitative estimate of drug-likeness (QED) is 0.550. The second-order valence-corrected chi connectivity index (χ2v) is 6.62. The van der Waals surface area contributed by atoms with Crippen molar-refractivity contribution in [2.75, 3.05) is 33.2 Å². The maximum atomic E-state index is 12.4. The van der Waals surface area contributed by atoms with Gasteiger partial charge in [0.1, 0.15) is 6.54 Å². The first-order valence-electron chi connectivity index (χ1n) is 9.35. The number of hydrogen-bond acceptors (Lipinski definition) is 9. The smallest absolute Gasteiger partial charge is 0.322 e. The highest BCUT2D eigenvalue weighted by Gasteiger charge is 2.36. The molecule has 0 unspecified atom stereocenters. The number of ether oxygens (including phenoxy) is 3. The number of hydrogen-bond donors (Lipinski definition) is 1. The van der Waals surface area contributed by atoms with Gasteiger partial charge in [-0.25, -0.2) is 0 Å². The van der Waals surface area contributed by atoms with Crippen LogP contribution in [0.5, 0.6) is 17.2 Å². The van der Waals surface area contributed by atoms with Crippen LogP contribution in [0.4, 0.5) is 6.01 Å². The number of methoxy groups -OCH3 is 3. The molecular formula is C21H18N4O7. The molecule has 0 saturated carbocycles. The van der Waals surface area contributed by atoms with Crippen LogP contribution in [0.15, 0.2) is 40.8 Å². The Morgan fingerprint density at radius 1 is 0.969 bits per heavy atom. The number of carbonyl (C=O) groups excluding carboxylic acids is 3. The van der Waals surface area contributed by atoms with E-state index in [1.807, 2.05) is 0 Å². The minimum Gasteiger partial charge on any atom is -0.493 e. The number of nitrogens with zero attached hydrogens (tertiary/aromatic N) is 3. The van der Waals surface area contributed by atoms with Crippen LogP contribution in [-0.2, 0) is 4.79 Å². The van der Waals surface area contributed by atoms with E-state index in [0.29, 0.717) is 22.8 Å². The van der Waals surface area contributed by atoms with Crippen LogP contribution in [0.1, 0.15) is 20.7 Å². The Morgan fingerprint density at radius 3 is 2.09 bits per heavy atom. The molecule has 1 aliphatic rings. The molecule has 0 aliphatic carbocycles. The first-order valence-corrected chi connectivity index (χ1v) is 9.35. The lowest BCUT2D eigenvalue weighted by Gasteiger charge is -2.13. The fraction of sp³-hybridized carbons (Fsp3) is 0.190. The minimum atomic E-state index is -0.667. The molecule has 3 aromatic rings. The summed E-state index contributed by atoms with van der Waals surface area (Å²) in [5.41, 5.74) is 0.980. The number of imide groups is 1. The van der Waals surface area contributed by atoms with Crippen molar-refractivity contribution in [2.24, 2.45) is 0 Å². The van der Waals surface area contributed by atoms with E-state index < -0.39 is 24.3 Å². The zero-order chi connectivity index (χ0) is 22.8. The molecule has 11 nitrogen and oxygen atoms in total. The van der Waals surface area contributed by atoms with Crippen molar-refractivity contribution in [1.29, 1.82) is 0 Å². The standard InChI is InChI=1S/C21H18N4O7/c1-29-14-8-11(9-15(30-2)17(14)31-3)18-23-24-21(32-18)22-16(26)10-25-19(27)12-6-4-5-7-13(12)20(25)28/h4-9H,10H2,1-3H3,(H,22,24,26). The third-order valence-corrected chi connectivity index (χ3v) is 4.76. The van der Waals surface area contributed by atoms with Crippen molar-refractivity contribution in [3.63, 3.8) is 0 Å². The summed E-state index contributed by atoms with van der Waals surface area (Å²) in [6, 6.07) is 9.39. The Morgan fingerprint density at radius 2 is 1.56 bits per heavy atom. The Bertz CT molecular complexity index is 1160. The van der Waals surface area contributed by atoms with Gasteiger partial charge in [0.15, 0.2) is 11.5 Å². The van der Waals surface area contributed by atoms with Crippen molar-refractivity contribution < 1.29 is 33.0 Å². The molecule has 0 saturated heterocycles. The van der Waals surface area contributed by atoms with Gasteiger partial charge in [-0.15, -0.1) is 5.10 Å². The van der Waals surface area contributed by atoms with Gasteiger partial charge in [0.25, 0.3) is 11.8 Å². The van der Waals surface area contributed by atoms with Gasteiger partial charge in [0.05, 0.1) is 32.5 Å². The molecule has 1 N–H and O–H groups in total. The second-order valence-electron chi connectivity index (χ2n) is 6.62. The fourth-order valence-electron chi connectivity index (χ4n) is 3.28. The van der Waals surface area contributed by atoms with E-state index >= 15 is 0 Å². The van der Waals surface area contributed by atoms with Crippen LogP contribution in [0, 0.1) is 0 Å². The molecule has 0 atom stereocenters. The van der Waals surface area contributed by atoms with Crippen molar-refractivity contribution >= 4 is 23.7 Å². The first kappa shape index (κ1) is 20.8. The summed E-state index contributed by atoms with van der Waals surface area (Å²) >= 11 is 0. The summed E-state index contributed by atoms with van der Waals surface area (Å²) < 4.78 is 21.4. The zero-order valence-electron chi connectivity index (χ0n) is 17.4. The average molecular weight is 438 g/mol. The molecule has 1 aromatic heterocycles. The number of anilines is 1.